The Morgan fingerprint density at radius 3 is 2.79 bits per heavy atom. The Hall–Kier alpha value is -2.34. The Bertz CT molecular complexity index is 880. The normalized spacial score (nSPS) is 20.4. The molecular weight excluding hydrogens is 354 g/mol. The quantitative estimate of drug-likeness (QED) is 0.884. The zero-order valence-electron chi connectivity index (χ0n) is 16.8. The van der Waals surface area contributed by atoms with Crippen molar-refractivity contribution in [2.75, 3.05) is 33.2 Å². The zero-order valence-corrected chi connectivity index (χ0v) is 16.8. The van der Waals surface area contributed by atoms with Crippen LogP contribution in [0.4, 0.5) is 0 Å². The SMILES string of the molecule is CCc1ccc2occ(CC(=O)N3CCC4(CC3)C(=O)NCCCN4C)c2c1. The molecule has 4 rings (SSSR count). The molecule has 6 heteroatoms. The molecule has 3 heterocycles. The molecule has 2 amide bonds. The highest BCUT2D eigenvalue weighted by Crippen LogP contribution is 2.31. The van der Waals surface area contributed by atoms with E-state index in [9.17, 15) is 9.59 Å². The number of rotatable bonds is 3. The van der Waals surface area contributed by atoms with Crippen LogP contribution in [-0.2, 0) is 22.4 Å². The van der Waals surface area contributed by atoms with Gasteiger partial charge < -0.3 is 14.6 Å². The van der Waals surface area contributed by atoms with E-state index >= 15 is 0 Å². The summed E-state index contributed by atoms with van der Waals surface area (Å²) in [4.78, 5) is 29.7. The predicted octanol–water partition coefficient (Wildman–Crippen LogP) is 2.35. The van der Waals surface area contributed by atoms with Gasteiger partial charge in [-0.05, 0) is 50.4 Å². The van der Waals surface area contributed by atoms with E-state index in [0.717, 1.165) is 42.5 Å². The molecule has 2 fully saturated rings. The van der Waals surface area contributed by atoms with Crippen LogP contribution in [0.1, 0.15) is 37.3 Å². The standard InChI is InChI=1S/C22H29N3O3/c1-3-16-5-6-19-18(13-16)17(15-28-19)14-20(26)25-11-7-22(8-12-25)21(27)23-9-4-10-24(22)2/h5-6,13,15H,3-4,7-12,14H2,1-2H3,(H,23,27). The molecule has 0 atom stereocenters. The zero-order chi connectivity index (χ0) is 19.7. The number of nitrogens with zero attached hydrogens (tertiary/aromatic N) is 2. The molecule has 28 heavy (non-hydrogen) atoms. The first-order chi connectivity index (χ1) is 13.5. The maximum atomic E-state index is 12.9. The number of amides is 2. The Morgan fingerprint density at radius 1 is 1.25 bits per heavy atom. The highest BCUT2D eigenvalue weighted by atomic mass is 16.3. The van der Waals surface area contributed by atoms with Gasteiger partial charge in [0.25, 0.3) is 0 Å². The molecule has 1 spiro atoms. The lowest BCUT2D eigenvalue weighted by Gasteiger charge is -2.45. The molecule has 0 bridgehead atoms. The predicted molar refractivity (Wildman–Crippen MR) is 108 cm³/mol. The maximum Gasteiger partial charge on any atom is 0.240 e. The van der Waals surface area contributed by atoms with Crippen molar-refractivity contribution in [1.82, 2.24) is 15.1 Å². The van der Waals surface area contributed by atoms with Crippen molar-refractivity contribution in [3.8, 4) is 0 Å². The fourth-order valence-electron chi connectivity index (χ4n) is 4.57. The molecule has 0 aliphatic carbocycles. The summed E-state index contributed by atoms with van der Waals surface area (Å²) < 4.78 is 5.64. The van der Waals surface area contributed by atoms with Crippen LogP contribution in [0.2, 0.25) is 0 Å². The van der Waals surface area contributed by atoms with Gasteiger partial charge in [0, 0.05) is 37.1 Å². The number of fused-ring (bicyclic) bond motifs is 1. The number of piperidine rings is 1. The number of carbonyl (C=O) groups is 2. The van der Waals surface area contributed by atoms with Gasteiger partial charge in [0.05, 0.1) is 12.7 Å². The first-order valence-corrected chi connectivity index (χ1v) is 10.3. The summed E-state index contributed by atoms with van der Waals surface area (Å²) in [5, 5.41) is 4.08. The highest BCUT2D eigenvalue weighted by Gasteiger charge is 2.46. The fraction of sp³-hybridized carbons (Fsp3) is 0.545. The van der Waals surface area contributed by atoms with E-state index in [2.05, 4.69) is 29.3 Å². The molecule has 1 N–H and O–H groups in total. The van der Waals surface area contributed by atoms with Crippen LogP contribution in [-0.4, -0.2) is 60.4 Å². The summed E-state index contributed by atoms with van der Waals surface area (Å²) in [6.45, 7) is 5.00. The van der Waals surface area contributed by atoms with Gasteiger partial charge in [0.15, 0.2) is 0 Å². The van der Waals surface area contributed by atoms with E-state index in [1.54, 1.807) is 6.26 Å². The molecular formula is C22H29N3O3. The number of furan rings is 1. The molecule has 0 unspecified atom stereocenters. The average molecular weight is 383 g/mol. The van der Waals surface area contributed by atoms with Crippen LogP contribution in [0.3, 0.4) is 0 Å². The fourth-order valence-corrected chi connectivity index (χ4v) is 4.57. The lowest BCUT2D eigenvalue weighted by Crippen LogP contribution is -2.61. The van der Waals surface area contributed by atoms with Gasteiger partial charge in [-0.15, -0.1) is 0 Å². The largest absolute Gasteiger partial charge is 0.464 e. The van der Waals surface area contributed by atoms with Crippen LogP contribution >= 0.6 is 0 Å². The third kappa shape index (κ3) is 3.30. The molecule has 150 valence electrons. The number of hydrogen-bond acceptors (Lipinski definition) is 4. The topological polar surface area (TPSA) is 65.8 Å². The van der Waals surface area contributed by atoms with Gasteiger partial charge in [-0.2, -0.15) is 0 Å². The third-order valence-corrected chi connectivity index (χ3v) is 6.52. The second-order valence-corrected chi connectivity index (χ2v) is 8.07. The summed E-state index contributed by atoms with van der Waals surface area (Å²) in [5.74, 6) is 0.226. The minimum absolute atomic E-state index is 0.108. The van der Waals surface area contributed by atoms with E-state index in [0.29, 0.717) is 32.4 Å². The molecule has 1 aromatic carbocycles. The second kappa shape index (κ2) is 7.59. The van der Waals surface area contributed by atoms with E-state index in [1.165, 1.54) is 5.56 Å². The average Bonchev–Trinajstić information content (AvgIpc) is 3.06. The molecule has 0 saturated carbocycles. The number of nitrogens with one attached hydrogen (secondary N) is 1. The number of likely N-dealkylation sites (tertiary alicyclic amines) is 1. The number of carbonyl (C=O) groups excluding carboxylic acids is 2. The summed E-state index contributed by atoms with van der Waals surface area (Å²) in [6.07, 6.45) is 5.35. The first-order valence-electron chi connectivity index (χ1n) is 10.3. The highest BCUT2D eigenvalue weighted by molar-refractivity contribution is 5.89. The van der Waals surface area contributed by atoms with E-state index in [4.69, 9.17) is 4.42 Å². The summed E-state index contributed by atoms with van der Waals surface area (Å²) in [6, 6.07) is 6.17. The van der Waals surface area contributed by atoms with Crippen molar-refractivity contribution in [2.45, 2.75) is 44.6 Å². The molecule has 2 aromatic rings. The number of aryl methyl sites for hydroxylation is 1. The number of likely N-dealkylation sites (N-methyl/N-ethyl adjacent to an activating group) is 1. The van der Waals surface area contributed by atoms with Crippen molar-refractivity contribution in [1.29, 1.82) is 0 Å². The Balaban J connectivity index is 1.45. The minimum atomic E-state index is -0.467. The van der Waals surface area contributed by atoms with Crippen molar-refractivity contribution in [3.63, 3.8) is 0 Å². The lowest BCUT2D eigenvalue weighted by atomic mass is 9.85. The molecule has 2 aliphatic heterocycles. The smallest absolute Gasteiger partial charge is 0.240 e. The van der Waals surface area contributed by atoms with Gasteiger partial charge in [0.1, 0.15) is 11.1 Å². The van der Waals surface area contributed by atoms with Crippen LogP contribution in [0.5, 0.6) is 0 Å². The summed E-state index contributed by atoms with van der Waals surface area (Å²) >= 11 is 0. The molecule has 0 radical (unpaired) electrons. The van der Waals surface area contributed by atoms with Crippen LogP contribution in [0, 0.1) is 0 Å². The van der Waals surface area contributed by atoms with Gasteiger partial charge in [-0.1, -0.05) is 13.0 Å². The van der Waals surface area contributed by atoms with E-state index < -0.39 is 5.54 Å². The van der Waals surface area contributed by atoms with Crippen molar-refractivity contribution < 1.29 is 14.0 Å². The molecule has 6 nitrogen and oxygen atoms in total. The maximum absolute atomic E-state index is 12.9. The Morgan fingerprint density at radius 2 is 2.04 bits per heavy atom. The van der Waals surface area contributed by atoms with Crippen molar-refractivity contribution in [3.05, 3.63) is 35.6 Å². The van der Waals surface area contributed by atoms with Crippen LogP contribution < -0.4 is 5.32 Å². The Kier molecular flexibility index (Phi) is 5.15. The molecule has 2 saturated heterocycles. The van der Waals surface area contributed by atoms with Crippen molar-refractivity contribution in [2.24, 2.45) is 0 Å². The Labute approximate surface area is 165 Å². The first kappa shape index (κ1) is 19.0. The van der Waals surface area contributed by atoms with Crippen molar-refractivity contribution >= 4 is 22.8 Å². The summed E-state index contributed by atoms with van der Waals surface area (Å²) in [7, 11) is 2.03. The van der Waals surface area contributed by atoms with E-state index in [-0.39, 0.29) is 11.8 Å². The van der Waals surface area contributed by atoms with Gasteiger partial charge in [-0.3, -0.25) is 14.5 Å². The second-order valence-electron chi connectivity index (χ2n) is 8.07. The van der Waals surface area contributed by atoms with Gasteiger partial charge >= 0.3 is 0 Å². The monoisotopic (exact) mass is 383 g/mol. The molecule has 1 aromatic heterocycles. The number of hydrogen-bond donors (Lipinski definition) is 1. The minimum Gasteiger partial charge on any atom is -0.464 e. The van der Waals surface area contributed by atoms with E-state index in [1.807, 2.05) is 18.0 Å². The van der Waals surface area contributed by atoms with Crippen LogP contribution in [0.25, 0.3) is 11.0 Å². The van der Waals surface area contributed by atoms with Gasteiger partial charge in [0.2, 0.25) is 11.8 Å². The third-order valence-electron chi connectivity index (χ3n) is 6.52. The summed E-state index contributed by atoms with van der Waals surface area (Å²) in [5.41, 5.74) is 2.55. The van der Waals surface area contributed by atoms with Crippen LogP contribution in [0.15, 0.2) is 28.9 Å². The molecule has 2 aliphatic rings. The lowest BCUT2D eigenvalue weighted by molar-refractivity contribution is -0.141. The van der Waals surface area contributed by atoms with Gasteiger partial charge in [-0.25, -0.2) is 0 Å². The number of benzene rings is 1.